The second-order valence-electron chi connectivity index (χ2n) is 5.25. The second kappa shape index (κ2) is 5.16. The van der Waals surface area contributed by atoms with Crippen molar-refractivity contribution >= 4 is 11.6 Å². The average Bonchev–Trinajstić information content (AvgIpc) is 2.86. The number of fused-ring (bicyclic) bond motifs is 1. The molecule has 108 valence electrons. The zero-order valence-corrected chi connectivity index (χ0v) is 12.3. The number of halogens is 1. The molecule has 0 fully saturated rings. The van der Waals surface area contributed by atoms with E-state index < -0.39 is 0 Å². The molecule has 2 aromatic heterocycles. The van der Waals surface area contributed by atoms with Crippen LogP contribution in [0, 0.1) is 19.7 Å². The van der Waals surface area contributed by atoms with Gasteiger partial charge in [0.15, 0.2) is 5.65 Å². The van der Waals surface area contributed by atoms with Crippen molar-refractivity contribution < 1.29 is 4.39 Å². The van der Waals surface area contributed by atoms with Crippen molar-refractivity contribution in [1.82, 2.24) is 14.6 Å². The second-order valence-corrected chi connectivity index (χ2v) is 5.25. The fourth-order valence-electron chi connectivity index (χ4n) is 2.25. The third-order valence-electron chi connectivity index (χ3n) is 3.59. The van der Waals surface area contributed by atoms with Crippen LogP contribution in [0.25, 0.3) is 5.65 Å². The van der Waals surface area contributed by atoms with Crippen molar-refractivity contribution in [2.24, 2.45) is 0 Å². The maximum absolute atomic E-state index is 13.6. The largest absolute Gasteiger partial charge is 0.346 e. The first-order valence-electron chi connectivity index (χ1n) is 6.89. The molecule has 0 spiro atoms. The summed E-state index contributed by atoms with van der Waals surface area (Å²) in [5.74, 6) is 0.345. The first kappa shape index (κ1) is 13.5. The third-order valence-corrected chi connectivity index (χ3v) is 3.59. The highest BCUT2D eigenvalue weighted by molar-refractivity contribution is 5.45. The molecule has 0 aliphatic heterocycles. The summed E-state index contributed by atoms with van der Waals surface area (Å²) in [5, 5.41) is 7.63. The fourth-order valence-corrected chi connectivity index (χ4v) is 2.25. The van der Waals surface area contributed by atoms with Gasteiger partial charge in [-0.3, -0.25) is 0 Å². The summed E-state index contributed by atoms with van der Waals surface area (Å²) in [7, 11) is 0. The molecule has 0 aliphatic rings. The van der Waals surface area contributed by atoms with Crippen LogP contribution in [-0.2, 0) is 0 Å². The van der Waals surface area contributed by atoms with Gasteiger partial charge in [0, 0.05) is 5.69 Å². The lowest BCUT2D eigenvalue weighted by Gasteiger charge is -2.13. The highest BCUT2D eigenvalue weighted by Gasteiger charge is 2.11. The topological polar surface area (TPSA) is 42.2 Å². The predicted molar refractivity (Wildman–Crippen MR) is 80.9 cm³/mol. The van der Waals surface area contributed by atoms with Gasteiger partial charge in [-0.15, -0.1) is 5.10 Å². The molecule has 3 rings (SSSR count). The molecular formula is C16H17FN4. The lowest BCUT2D eigenvalue weighted by atomic mass is 10.1. The standard InChI is InChI=1S/C16H17FN4/c1-10-7-8-13(9-14(10)17)12(3)18-16-19-15-6-4-5-11(2)21(15)20-16/h4-9,12H,1-3H3,(H,18,20). The van der Waals surface area contributed by atoms with Gasteiger partial charge in [0.1, 0.15) is 5.82 Å². The smallest absolute Gasteiger partial charge is 0.243 e. The molecule has 1 aromatic carbocycles. The van der Waals surface area contributed by atoms with E-state index in [2.05, 4.69) is 15.4 Å². The van der Waals surface area contributed by atoms with Gasteiger partial charge in [0.25, 0.3) is 0 Å². The van der Waals surface area contributed by atoms with Gasteiger partial charge in [0.2, 0.25) is 5.95 Å². The van der Waals surface area contributed by atoms with Crippen molar-refractivity contribution in [3.05, 3.63) is 59.0 Å². The number of aromatic nitrogens is 3. The minimum absolute atomic E-state index is 0.0715. The van der Waals surface area contributed by atoms with E-state index in [0.717, 1.165) is 16.9 Å². The number of hydrogen-bond donors (Lipinski definition) is 1. The van der Waals surface area contributed by atoms with Crippen molar-refractivity contribution in [2.75, 3.05) is 5.32 Å². The summed E-state index contributed by atoms with van der Waals surface area (Å²) >= 11 is 0. The molecule has 0 aliphatic carbocycles. The van der Waals surface area contributed by atoms with E-state index >= 15 is 0 Å². The lowest BCUT2D eigenvalue weighted by molar-refractivity contribution is 0.614. The normalized spacial score (nSPS) is 12.6. The Kier molecular flexibility index (Phi) is 3.33. The van der Waals surface area contributed by atoms with Gasteiger partial charge in [-0.05, 0) is 50.1 Å². The van der Waals surface area contributed by atoms with Crippen LogP contribution in [-0.4, -0.2) is 14.6 Å². The summed E-state index contributed by atoms with van der Waals surface area (Å²) in [6.07, 6.45) is 0. The lowest BCUT2D eigenvalue weighted by Crippen LogP contribution is -2.08. The summed E-state index contributed by atoms with van der Waals surface area (Å²) < 4.78 is 15.4. The summed E-state index contributed by atoms with van der Waals surface area (Å²) in [6, 6.07) is 11.0. The Morgan fingerprint density at radius 3 is 2.71 bits per heavy atom. The minimum Gasteiger partial charge on any atom is -0.346 e. The highest BCUT2D eigenvalue weighted by Crippen LogP contribution is 2.20. The SMILES string of the molecule is Cc1ccc(C(C)Nc2nc3cccc(C)n3n2)cc1F. The van der Waals surface area contributed by atoms with Crippen LogP contribution in [0.4, 0.5) is 10.3 Å². The first-order chi connectivity index (χ1) is 10.0. The van der Waals surface area contributed by atoms with E-state index in [1.165, 1.54) is 0 Å². The fraction of sp³-hybridized carbons (Fsp3) is 0.250. The Labute approximate surface area is 122 Å². The van der Waals surface area contributed by atoms with Crippen molar-refractivity contribution in [1.29, 1.82) is 0 Å². The van der Waals surface area contributed by atoms with Crippen LogP contribution in [0.1, 0.15) is 29.8 Å². The third kappa shape index (κ3) is 2.59. The maximum atomic E-state index is 13.6. The Balaban J connectivity index is 1.87. The van der Waals surface area contributed by atoms with Gasteiger partial charge in [-0.1, -0.05) is 18.2 Å². The Hall–Kier alpha value is -2.43. The van der Waals surface area contributed by atoms with E-state index in [1.54, 1.807) is 23.6 Å². The van der Waals surface area contributed by atoms with Crippen LogP contribution < -0.4 is 5.32 Å². The van der Waals surface area contributed by atoms with E-state index in [1.807, 2.05) is 38.1 Å². The molecule has 0 radical (unpaired) electrons. The molecule has 2 heterocycles. The number of nitrogens with zero attached hydrogens (tertiary/aromatic N) is 3. The van der Waals surface area contributed by atoms with E-state index in [0.29, 0.717) is 11.5 Å². The molecule has 5 heteroatoms. The van der Waals surface area contributed by atoms with Crippen LogP contribution in [0.3, 0.4) is 0 Å². The molecule has 4 nitrogen and oxygen atoms in total. The van der Waals surface area contributed by atoms with Crippen molar-refractivity contribution in [2.45, 2.75) is 26.8 Å². The van der Waals surface area contributed by atoms with E-state index in [-0.39, 0.29) is 11.9 Å². The zero-order chi connectivity index (χ0) is 15.0. The van der Waals surface area contributed by atoms with Crippen LogP contribution in [0.15, 0.2) is 36.4 Å². The molecule has 21 heavy (non-hydrogen) atoms. The van der Waals surface area contributed by atoms with Crippen LogP contribution in [0.2, 0.25) is 0 Å². The molecule has 0 saturated heterocycles. The number of pyridine rings is 1. The molecule has 3 aromatic rings. The van der Waals surface area contributed by atoms with E-state index in [9.17, 15) is 4.39 Å². The summed E-state index contributed by atoms with van der Waals surface area (Å²) in [6.45, 7) is 5.69. The monoisotopic (exact) mass is 284 g/mol. The number of rotatable bonds is 3. The molecule has 1 atom stereocenters. The average molecular weight is 284 g/mol. The number of hydrogen-bond acceptors (Lipinski definition) is 3. The number of benzene rings is 1. The molecule has 0 saturated carbocycles. The van der Waals surface area contributed by atoms with Crippen molar-refractivity contribution in [3.63, 3.8) is 0 Å². The maximum Gasteiger partial charge on any atom is 0.243 e. The minimum atomic E-state index is -0.194. The van der Waals surface area contributed by atoms with Gasteiger partial charge in [0.05, 0.1) is 6.04 Å². The molecule has 1 unspecified atom stereocenters. The van der Waals surface area contributed by atoms with Crippen LogP contribution >= 0.6 is 0 Å². The number of anilines is 1. The first-order valence-corrected chi connectivity index (χ1v) is 6.89. The molecule has 0 amide bonds. The molecule has 0 bridgehead atoms. The van der Waals surface area contributed by atoms with Crippen molar-refractivity contribution in [3.8, 4) is 0 Å². The quantitative estimate of drug-likeness (QED) is 0.798. The Morgan fingerprint density at radius 1 is 1.19 bits per heavy atom. The van der Waals surface area contributed by atoms with Gasteiger partial charge in [-0.2, -0.15) is 4.98 Å². The van der Waals surface area contributed by atoms with Gasteiger partial charge < -0.3 is 5.32 Å². The summed E-state index contributed by atoms with van der Waals surface area (Å²) in [5.41, 5.74) is 3.32. The Morgan fingerprint density at radius 2 is 2.00 bits per heavy atom. The highest BCUT2D eigenvalue weighted by atomic mass is 19.1. The van der Waals surface area contributed by atoms with E-state index in [4.69, 9.17) is 0 Å². The predicted octanol–water partition coefficient (Wildman–Crippen LogP) is 3.66. The number of aryl methyl sites for hydroxylation is 2. The zero-order valence-electron chi connectivity index (χ0n) is 12.3. The summed E-state index contributed by atoms with van der Waals surface area (Å²) in [4.78, 5) is 4.43. The Bertz CT molecular complexity index is 794. The molecular weight excluding hydrogens is 267 g/mol. The number of nitrogens with one attached hydrogen (secondary N) is 1. The van der Waals surface area contributed by atoms with Crippen LogP contribution in [0.5, 0.6) is 0 Å². The van der Waals surface area contributed by atoms with Gasteiger partial charge >= 0.3 is 0 Å². The van der Waals surface area contributed by atoms with Gasteiger partial charge in [-0.25, -0.2) is 8.91 Å². The molecule has 1 N–H and O–H groups in total.